The van der Waals surface area contributed by atoms with Crippen molar-refractivity contribution in [1.82, 2.24) is 0 Å². The van der Waals surface area contributed by atoms with Gasteiger partial charge in [0.1, 0.15) is 0 Å². The fraction of sp³-hybridized carbons (Fsp3) is 0. The second kappa shape index (κ2) is 6.47. The van der Waals surface area contributed by atoms with E-state index in [1.807, 2.05) is 12.1 Å². The van der Waals surface area contributed by atoms with Crippen LogP contribution in [0.25, 0.3) is 6.08 Å². The van der Waals surface area contributed by atoms with Gasteiger partial charge < -0.3 is 9.90 Å². The van der Waals surface area contributed by atoms with Gasteiger partial charge in [0.15, 0.2) is 5.78 Å². The van der Waals surface area contributed by atoms with Crippen LogP contribution in [-0.4, -0.2) is 11.8 Å². The van der Waals surface area contributed by atoms with Crippen molar-refractivity contribution < 1.29 is 14.7 Å². The van der Waals surface area contributed by atoms with E-state index in [2.05, 4.69) is 22.6 Å². The maximum Gasteiger partial charge on any atom is 0.185 e. The minimum absolute atomic E-state index is 0.0922. The molecule has 0 aliphatic heterocycles. The third-order valence-corrected chi connectivity index (χ3v) is 3.42. The first kappa shape index (κ1) is 14.5. The van der Waals surface area contributed by atoms with Crippen molar-refractivity contribution in [2.75, 3.05) is 0 Å². The van der Waals surface area contributed by atoms with Crippen molar-refractivity contribution >= 4 is 40.4 Å². The van der Waals surface area contributed by atoms with Gasteiger partial charge in [0.2, 0.25) is 0 Å². The Labute approximate surface area is 130 Å². The molecule has 0 radical (unpaired) electrons. The van der Waals surface area contributed by atoms with Crippen LogP contribution in [0.15, 0.2) is 54.6 Å². The molecule has 100 valence electrons. The van der Waals surface area contributed by atoms with E-state index in [1.165, 1.54) is 18.2 Å². The van der Waals surface area contributed by atoms with Crippen LogP contribution in [0.1, 0.15) is 26.3 Å². The first-order valence-electron chi connectivity index (χ1n) is 5.85. The standard InChI is InChI=1S/C16H11IO3/c17-14-8-6-12(7-9-14)15(18)10-3-11-1-4-13(5-2-11)16(19)20/h1-10H,(H,19,20)/p-1/b10-3+. The highest BCUT2D eigenvalue weighted by Crippen LogP contribution is 2.10. The number of carboxylic acids is 1. The molecule has 0 spiro atoms. The number of allylic oxidation sites excluding steroid dienone is 1. The van der Waals surface area contributed by atoms with Gasteiger partial charge in [-0.1, -0.05) is 42.5 Å². The van der Waals surface area contributed by atoms with Gasteiger partial charge in [-0.15, -0.1) is 0 Å². The molecule has 0 fully saturated rings. The Kier molecular flexibility index (Phi) is 4.68. The molecule has 0 amide bonds. The highest BCUT2D eigenvalue weighted by molar-refractivity contribution is 14.1. The Bertz CT molecular complexity index is 655. The number of carbonyl (C=O) groups excluding carboxylic acids is 2. The molecule has 20 heavy (non-hydrogen) atoms. The van der Waals surface area contributed by atoms with Crippen molar-refractivity contribution in [1.29, 1.82) is 0 Å². The van der Waals surface area contributed by atoms with E-state index in [-0.39, 0.29) is 11.3 Å². The zero-order chi connectivity index (χ0) is 14.5. The number of rotatable bonds is 4. The van der Waals surface area contributed by atoms with Gasteiger partial charge >= 0.3 is 0 Å². The van der Waals surface area contributed by atoms with Crippen LogP contribution in [0.2, 0.25) is 0 Å². The summed E-state index contributed by atoms with van der Waals surface area (Å²) in [6.07, 6.45) is 3.12. The number of aromatic carboxylic acids is 1. The molecule has 0 saturated heterocycles. The molecule has 0 heterocycles. The van der Waals surface area contributed by atoms with E-state index in [1.54, 1.807) is 30.3 Å². The van der Waals surface area contributed by atoms with Crippen molar-refractivity contribution in [3.8, 4) is 0 Å². The number of benzene rings is 2. The van der Waals surface area contributed by atoms with E-state index >= 15 is 0 Å². The highest BCUT2D eigenvalue weighted by Gasteiger charge is 2.01. The summed E-state index contributed by atoms with van der Waals surface area (Å²) >= 11 is 2.18. The van der Waals surface area contributed by atoms with Gasteiger partial charge in [0, 0.05) is 9.13 Å². The molecular weight excluding hydrogens is 367 g/mol. The van der Waals surface area contributed by atoms with Crippen LogP contribution in [0.4, 0.5) is 0 Å². The molecule has 0 atom stereocenters. The number of hydrogen-bond acceptors (Lipinski definition) is 3. The van der Waals surface area contributed by atoms with E-state index in [9.17, 15) is 14.7 Å². The lowest BCUT2D eigenvalue weighted by Gasteiger charge is -2.01. The summed E-state index contributed by atoms with van der Waals surface area (Å²) in [5.41, 5.74) is 1.49. The molecule has 4 heteroatoms. The summed E-state index contributed by atoms with van der Waals surface area (Å²) in [6.45, 7) is 0. The maximum absolute atomic E-state index is 11.9. The molecule has 0 unspecified atom stereocenters. The van der Waals surface area contributed by atoms with Crippen molar-refractivity contribution in [3.63, 3.8) is 0 Å². The summed E-state index contributed by atoms with van der Waals surface area (Å²) < 4.78 is 1.07. The zero-order valence-corrected chi connectivity index (χ0v) is 12.5. The van der Waals surface area contributed by atoms with E-state index < -0.39 is 5.97 Å². The summed E-state index contributed by atoms with van der Waals surface area (Å²) in [6, 6.07) is 13.4. The first-order valence-corrected chi connectivity index (χ1v) is 6.93. The number of halogens is 1. The average molecular weight is 377 g/mol. The molecule has 0 aliphatic rings. The topological polar surface area (TPSA) is 57.2 Å². The summed E-state index contributed by atoms with van der Waals surface area (Å²) in [5, 5.41) is 10.6. The van der Waals surface area contributed by atoms with E-state index in [4.69, 9.17) is 0 Å². The molecule has 2 aromatic rings. The van der Waals surface area contributed by atoms with Gasteiger partial charge in [-0.2, -0.15) is 0 Å². The zero-order valence-electron chi connectivity index (χ0n) is 10.4. The number of ketones is 1. The second-order valence-corrected chi connectivity index (χ2v) is 5.36. The Morgan fingerprint density at radius 1 is 0.900 bits per heavy atom. The molecule has 0 aromatic heterocycles. The van der Waals surface area contributed by atoms with E-state index in [0.717, 1.165) is 9.13 Å². The van der Waals surface area contributed by atoms with Gasteiger partial charge in [-0.3, -0.25) is 4.79 Å². The molecule has 0 bridgehead atoms. The maximum atomic E-state index is 11.9. The highest BCUT2D eigenvalue weighted by atomic mass is 127. The molecule has 0 saturated carbocycles. The lowest BCUT2D eigenvalue weighted by molar-refractivity contribution is -0.255. The quantitative estimate of drug-likeness (QED) is 0.468. The molecular formula is C16H10IO3-. The minimum atomic E-state index is -1.21. The van der Waals surface area contributed by atoms with Crippen LogP contribution in [0.5, 0.6) is 0 Å². The van der Waals surface area contributed by atoms with Crippen LogP contribution < -0.4 is 5.11 Å². The predicted octanol–water partition coefficient (Wildman–Crippen LogP) is 2.55. The number of carbonyl (C=O) groups is 2. The Balaban J connectivity index is 2.10. The van der Waals surface area contributed by atoms with Crippen LogP contribution in [0, 0.1) is 3.57 Å². The number of hydrogen-bond donors (Lipinski definition) is 0. The van der Waals surface area contributed by atoms with Crippen LogP contribution >= 0.6 is 22.6 Å². The molecule has 0 aliphatic carbocycles. The molecule has 0 N–H and O–H groups in total. The summed E-state index contributed by atoms with van der Waals surface area (Å²) in [4.78, 5) is 22.5. The fourth-order valence-corrected chi connectivity index (χ4v) is 1.97. The number of carboxylic acid groups (broad SMARTS) is 1. The second-order valence-electron chi connectivity index (χ2n) is 4.11. The third-order valence-electron chi connectivity index (χ3n) is 2.70. The Morgan fingerprint density at radius 3 is 2.00 bits per heavy atom. The van der Waals surface area contributed by atoms with Crippen molar-refractivity contribution in [2.24, 2.45) is 0 Å². The minimum Gasteiger partial charge on any atom is -0.545 e. The Morgan fingerprint density at radius 2 is 1.45 bits per heavy atom. The lowest BCUT2D eigenvalue weighted by atomic mass is 10.1. The van der Waals surface area contributed by atoms with Gasteiger partial charge in [-0.05, 0) is 51.9 Å². The first-order chi connectivity index (χ1) is 9.56. The van der Waals surface area contributed by atoms with Crippen molar-refractivity contribution in [3.05, 3.63) is 74.9 Å². The average Bonchev–Trinajstić information content (AvgIpc) is 2.46. The fourth-order valence-electron chi connectivity index (χ4n) is 1.61. The van der Waals surface area contributed by atoms with Gasteiger partial charge in [-0.25, -0.2) is 0 Å². The van der Waals surface area contributed by atoms with Crippen LogP contribution in [0.3, 0.4) is 0 Å². The van der Waals surface area contributed by atoms with Crippen molar-refractivity contribution in [2.45, 2.75) is 0 Å². The molecule has 3 nitrogen and oxygen atoms in total. The monoisotopic (exact) mass is 377 g/mol. The van der Waals surface area contributed by atoms with Crippen LogP contribution in [-0.2, 0) is 0 Å². The van der Waals surface area contributed by atoms with Gasteiger partial charge in [0.25, 0.3) is 0 Å². The SMILES string of the molecule is O=C([O-])c1ccc(/C=C/C(=O)c2ccc(I)cc2)cc1. The third kappa shape index (κ3) is 3.77. The summed E-state index contributed by atoms with van der Waals surface area (Å²) in [5.74, 6) is -1.30. The largest absolute Gasteiger partial charge is 0.545 e. The van der Waals surface area contributed by atoms with E-state index in [0.29, 0.717) is 5.56 Å². The smallest absolute Gasteiger partial charge is 0.185 e. The lowest BCUT2D eigenvalue weighted by Crippen LogP contribution is -2.21. The van der Waals surface area contributed by atoms with Gasteiger partial charge in [0.05, 0.1) is 5.97 Å². The normalized spacial score (nSPS) is 10.7. The predicted molar refractivity (Wildman–Crippen MR) is 83.3 cm³/mol. The summed E-state index contributed by atoms with van der Waals surface area (Å²) in [7, 11) is 0. The Hall–Kier alpha value is -1.95. The molecule has 2 aromatic carbocycles. The molecule has 2 rings (SSSR count).